The van der Waals surface area contributed by atoms with Gasteiger partial charge in [-0.1, -0.05) is 13.0 Å². The summed E-state index contributed by atoms with van der Waals surface area (Å²) in [6, 6.07) is 0. The number of esters is 1. The van der Waals surface area contributed by atoms with E-state index in [2.05, 4.69) is 19.1 Å². The highest BCUT2D eigenvalue weighted by Gasteiger charge is 2.33. The number of carbonyl (C=O) groups is 1. The monoisotopic (exact) mass is 206 g/mol. The van der Waals surface area contributed by atoms with Crippen molar-refractivity contribution in [3.8, 4) is 0 Å². The minimum Gasteiger partial charge on any atom is -0.431 e. The molecule has 0 heterocycles. The topological polar surface area (TPSA) is 26.3 Å². The van der Waals surface area contributed by atoms with Crippen molar-refractivity contribution < 1.29 is 9.53 Å². The molecule has 0 aliphatic heterocycles. The van der Waals surface area contributed by atoms with Gasteiger partial charge in [-0.15, -0.1) is 0 Å². The van der Waals surface area contributed by atoms with E-state index in [1.165, 1.54) is 25.3 Å². The second-order valence-corrected chi connectivity index (χ2v) is 4.82. The summed E-state index contributed by atoms with van der Waals surface area (Å²) < 4.78 is 5.17. The highest BCUT2D eigenvalue weighted by molar-refractivity contribution is 5.67. The van der Waals surface area contributed by atoms with Crippen LogP contribution in [0.5, 0.6) is 0 Å². The number of hydrogen-bond donors (Lipinski definition) is 0. The maximum atomic E-state index is 10.9. The Morgan fingerprint density at radius 2 is 2.27 bits per heavy atom. The van der Waals surface area contributed by atoms with Crippen molar-refractivity contribution in [1.82, 2.24) is 0 Å². The van der Waals surface area contributed by atoms with Gasteiger partial charge in [-0.3, -0.25) is 4.79 Å². The van der Waals surface area contributed by atoms with Crippen molar-refractivity contribution in [1.29, 1.82) is 0 Å². The van der Waals surface area contributed by atoms with Crippen molar-refractivity contribution >= 4 is 5.97 Å². The van der Waals surface area contributed by atoms with Crippen molar-refractivity contribution in [3.05, 3.63) is 23.5 Å². The first-order valence-electron chi connectivity index (χ1n) is 5.70. The van der Waals surface area contributed by atoms with Gasteiger partial charge in [-0.05, 0) is 42.7 Å². The highest BCUT2D eigenvalue weighted by atomic mass is 16.5. The summed E-state index contributed by atoms with van der Waals surface area (Å²) in [5.74, 6) is 0.634. The molecule has 82 valence electrons. The molecule has 15 heavy (non-hydrogen) atoms. The normalized spacial score (nSPS) is 30.0. The van der Waals surface area contributed by atoms with Crippen LogP contribution < -0.4 is 0 Å². The van der Waals surface area contributed by atoms with Gasteiger partial charge in [0.2, 0.25) is 0 Å². The summed E-state index contributed by atoms with van der Waals surface area (Å²) in [5.41, 5.74) is 1.71. The summed E-state index contributed by atoms with van der Waals surface area (Å²) in [7, 11) is 0. The third-order valence-corrected chi connectivity index (χ3v) is 3.51. The summed E-state index contributed by atoms with van der Waals surface area (Å²) in [6.45, 7) is 3.78. The van der Waals surface area contributed by atoms with E-state index in [4.69, 9.17) is 4.74 Å². The second kappa shape index (κ2) is 3.84. The SMILES string of the molecule is CC(=O)OC1=CC2=CCCC[C@]2(C)CC1. The van der Waals surface area contributed by atoms with E-state index in [1.54, 1.807) is 0 Å². The number of hydrogen-bond acceptors (Lipinski definition) is 2. The molecule has 0 spiro atoms. The molecule has 0 saturated carbocycles. The van der Waals surface area contributed by atoms with E-state index in [0.29, 0.717) is 5.41 Å². The van der Waals surface area contributed by atoms with E-state index < -0.39 is 0 Å². The minimum absolute atomic E-state index is 0.207. The van der Waals surface area contributed by atoms with Gasteiger partial charge in [0.15, 0.2) is 0 Å². The lowest BCUT2D eigenvalue weighted by Crippen LogP contribution is -2.25. The van der Waals surface area contributed by atoms with Crippen molar-refractivity contribution in [2.75, 3.05) is 0 Å². The van der Waals surface area contributed by atoms with Gasteiger partial charge in [-0.25, -0.2) is 0 Å². The zero-order valence-electron chi connectivity index (χ0n) is 9.51. The standard InChI is InChI=1S/C13H18O2/c1-10(14)15-12-6-8-13(2)7-4-3-5-11(13)9-12/h5,9H,3-4,6-8H2,1-2H3/t13-/m1/s1. The fraction of sp³-hybridized carbons (Fsp3) is 0.615. The molecule has 2 rings (SSSR count). The molecule has 2 nitrogen and oxygen atoms in total. The number of rotatable bonds is 1. The van der Waals surface area contributed by atoms with Gasteiger partial charge in [-0.2, -0.15) is 0 Å². The molecule has 0 saturated heterocycles. The molecule has 0 aromatic carbocycles. The van der Waals surface area contributed by atoms with Gasteiger partial charge in [0, 0.05) is 13.3 Å². The predicted molar refractivity (Wildman–Crippen MR) is 59.1 cm³/mol. The van der Waals surface area contributed by atoms with Gasteiger partial charge < -0.3 is 4.74 Å². The van der Waals surface area contributed by atoms with Crippen LogP contribution in [0.4, 0.5) is 0 Å². The van der Waals surface area contributed by atoms with Crippen LogP contribution in [0, 0.1) is 5.41 Å². The third-order valence-electron chi connectivity index (χ3n) is 3.51. The van der Waals surface area contributed by atoms with Gasteiger partial charge >= 0.3 is 5.97 Å². The Balaban J connectivity index is 2.20. The molecule has 2 aliphatic rings. The Kier molecular flexibility index (Phi) is 2.68. The highest BCUT2D eigenvalue weighted by Crippen LogP contribution is 2.46. The Morgan fingerprint density at radius 3 is 3.00 bits per heavy atom. The molecule has 0 aromatic rings. The van der Waals surface area contributed by atoms with Crippen LogP contribution in [0.25, 0.3) is 0 Å². The molecule has 0 unspecified atom stereocenters. The van der Waals surface area contributed by atoms with Gasteiger partial charge in [0.05, 0.1) is 0 Å². The first-order chi connectivity index (χ1) is 7.10. The average molecular weight is 206 g/mol. The van der Waals surface area contributed by atoms with Crippen LogP contribution in [0.2, 0.25) is 0 Å². The zero-order chi connectivity index (χ0) is 10.9. The van der Waals surface area contributed by atoms with Crippen LogP contribution in [-0.2, 0) is 9.53 Å². The number of ether oxygens (including phenoxy) is 1. The van der Waals surface area contributed by atoms with Crippen LogP contribution in [-0.4, -0.2) is 5.97 Å². The lowest BCUT2D eigenvalue weighted by atomic mass is 9.68. The second-order valence-electron chi connectivity index (χ2n) is 4.82. The summed E-state index contributed by atoms with van der Waals surface area (Å²) in [5, 5.41) is 0. The maximum Gasteiger partial charge on any atom is 0.307 e. The van der Waals surface area contributed by atoms with Gasteiger partial charge in [0.25, 0.3) is 0 Å². The van der Waals surface area contributed by atoms with Crippen LogP contribution in [0.3, 0.4) is 0 Å². The van der Waals surface area contributed by atoms with Crippen LogP contribution >= 0.6 is 0 Å². The first kappa shape index (κ1) is 10.5. The fourth-order valence-corrected chi connectivity index (χ4v) is 2.55. The molecule has 0 radical (unpaired) electrons. The molecular weight excluding hydrogens is 188 g/mol. The number of fused-ring (bicyclic) bond motifs is 1. The fourth-order valence-electron chi connectivity index (χ4n) is 2.55. The Hall–Kier alpha value is -1.05. The molecular formula is C13H18O2. The molecule has 1 atom stereocenters. The Labute approximate surface area is 91.0 Å². The van der Waals surface area contributed by atoms with Crippen molar-refractivity contribution in [3.63, 3.8) is 0 Å². The lowest BCUT2D eigenvalue weighted by molar-refractivity contribution is -0.137. The van der Waals surface area contributed by atoms with Gasteiger partial charge in [0.1, 0.15) is 5.76 Å². The third kappa shape index (κ3) is 2.14. The summed E-state index contributed by atoms with van der Waals surface area (Å²) in [4.78, 5) is 10.9. The van der Waals surface area contributed by atoms with E-state index in [-0.39, 0.29) is 5.97 Å². The quantitative estimate of drug-likeness (QED) is 0.615. The Bertz CT molecular complexity index is 338. The minimum atomic E-state index is -0.207. The van der Waals surface area contributed by atoms with Crippen molar-refractivity contribution in [2.24, 2.45) is 5.41 Å². The predicted octanol–water partition coefficient (Wildman–Crippen LogP) is 3.34. The maximum absolute atomic E-state index is 10.9. The lowest BCUT2D eigenvalue weighted by Gasteiger charge is -2.37. The smallest absolute Gasteiger partial charge is 0.307 e. The molecule has 0 fully saturated rings. The van der Waals surface area contributed by atoms with Crippen LogP contribution in [0.1, 0.15) is 46.0 Å². The summed E-state index contributed by atoms with van der Waals surface area (Å²) in [6.07, 6.45) is 10.1. The van der Waals surface area contributed by atoms with Crippen LogP contribution in [0.15, 0.2) is 23.5 Å². The summed E-state index contributed by atoms with van der Waals surface area (Å²) >= 11 is 0. The molecule has 0 aromatic heterocycles. The Morgan fingerprint density at radius 1 is 1.47 bits per heavy atom. The average Bonchev–Trinajstić information content (AvgIpc) is 2.17. The number of carbonyl (C=O) groups excluding carboxylic acids is 1. The number of allylic oxidation sites excluding steroid dienone is 4. The molecule has 0 N–H and O–H groups in total. The largest absolute Gasteiger partial charge is 0.431 e. The molecule has 0 bridgehead atoms. The van der Waals surface area contributed by atoms with E-state index in [9.17, 15) is 4.79 Å². The molecule has 2 aliphatic carbocycles. The van der Waals surface area contributed by atoms with E-state index in [0.717, 1.165) is 25.0 Å². The molecule has 0 amide bonds. The zero-order valence-corrected chi connectivity index (χ0v) is 9.51. The van der Waals surface area contributed by atoms with E-state index in [1.807, 2.05) is 0 Å². The first-order valence-corrected chi connectivity index (χ1v) is 5.70. The van der Waals surface area contributed by atoms with E-state index >= 15 is 0 Å². The molecule has 2 heteroatoms. The van der Waals surface area contributed by atoms with Crippen molar-refractivity contribution in [2.45, 2.75) is 46.0 Å².